The minimum Gasteiger partial charge on any atom is -0.409 e. The number of nitrogens with two attached hydrogens (primary N) is 1. The Kier molecular flexibility index (Phi) is 6.38. The number of benzene rings is 1. The standard InChI is InChI=1S/C13H19N3O3/c1-2-19-8-7-12(17)15-9-10-3-5-11(6-4-10)13(14)16-18/h3-6,18H,2,7-9H2,1H3,(H2,14,16)(H,15,17). The van der Waals surface area contributed by atoms with Crippen LogP contribution in [0.3, 0.4) is 0 Å². The van der Waals surface area contributed by atoms with Crippen LogP contribution in [0.15, 0.2) is 29.4 Å². The second kappa shape index (κ2) is 8.10. The van der Waals surface area contributed by atoms with Gasteiger partial charge in [0.15, 0.2) is 5.84 Å². The highest BCUT2D eigenvalue weighted by atomic mass is 16.5. The Hall–Kier alpha value is -2.08. The van der Waals surface area contributed by atoms with E-state index in [0.717, 1.165) is 5.56 Å². The summed E-state index contributed by atoms with van der Waals surface area (Å²) in [6, 6.07) is 7.10. The highest BCUT2D eigenvalue weighted by molar-refractivity contribution is 5.96. The second-order valence-electron chi connectivity index (χ2n) is 3.91. The minimum absolute atomic E-state index is 0.0473. The summed E-state index contributed by atoms with van der Waals surface area (Å²) in [6.07, 6.45) is 0.357. The predicted molar refractivity (Wildman–Crippen MR) is 71.9 cm³/mol. The summed E-state index contributed by atoms with van der Waals surface area (Å²) < 4.78 is 5.10. The number of amidine groups is 1. The minimum atomic E-state index is -0.0473. The van der Waals surface area contributed by atoms with Crippen LogP contribution in [-0.4, -0.2) is 30.2 Å². The van der Waals surface area contributed by atoms with Crippen LogP contribution in [0.5, 0.6) is 0 Å². The van der Waals surface area contributed by atoms with Crippen molar-refractivity contribution in [3.8, 4) is 0 Å². The number of ether oxygens (including phenoxy) is 1. The van der Waals surface area contributed by atoms with E-state index in [0.29, 0.717) is 31.7 Å². The number of carbonyl (C=O) groups excluding carboxylic acids is 1. The normalized spacial score (nSPS) is 11.3. The number of hydrogen-bond acceptors (Lipinski definition) is 4. The Morgan fingerprint density at radius 2 is 2.11 bits per heavy atom. The summed E-state index contributed by atoms with van der Waals surface area (Å²) in [5.41, 5.74) is 7.03. The number of nitrogens with zero attached hydrogens (tertiary/aromatic N) is 1. The average molecular weight is 265 g/mol. The van der Waals surface area contributed by atoms with E-state index in [1.807, 2.05) is 19.1 Å². The number of amides is 1. The molecule has 0 bridgehead atoms. The molecule has 1 aromatic carbocycles. The zero-order valence-corrected chi connectivity index (χ0v) is 10.9. The number of oxime groups is 1. The fraction of sp³-hybridized carbons (Fsp3) is 0.385. The first kappa shape index (κ1) is 15.0. The molecule has 0 heterocycles. The van der Waals surface area contributed by atoms with E-state index in [9.17, 15) is 4.79 Å². The predicted octanol–water partition coefficient (Wildman–Crippen LogP) is 0.824. The molecule has 0 atom stereocenters. The monoisotopic (exact) mass is 265 g/mol. The van der Waals surface area contributed by atoms with Gasteiger partial charge < -0.3 is 21.0 Å². The van der Waals surface area contributed by atoms with E-state index in [2.05, 4.69) is 10.5 Å². The lowest BCUT2D eigenvalue weighted by Gasteiger charge is -2.06. The molecule has 6 heteroatoms. The van der Waals surface area contributed by atoms with Gasteiger partial charge in [0.1, 0.15) is 0 Å². The first-order valence-corrected chi connectivity index (χ1v) is 6.08. The van der Waals surface area contributed by atoms with Crippen LogP contribution in [-0.2, 0) is 16.1 Å². The van der Waals surface area contributed by atoms with E-state index in [1.54, 1.807) is 12.1 Å². The Morgan fingerprint density at radius 3 is 2.68 bits per heavy atom. The fourth-order valence-corrected chi connectivity index (χ4v) is 1.45. The summed E-state index contributed by atoms with van der Waals surface area (Å²) in [4.78, 5) is 11.4. The fourth-order valence-electron chi connectivity index (χ4n) is 1.45. The maximum Gasteiger partial charge on any atom is 0.222 e. The van der Waals surface area contributed by atoms with Crippen molar-refractivity contribution in [3.63, 3.8) is 0 Å². The summed E-state index contributed by atoms with van der Waals surface area (Å²) in [7, 11) is 0. The molecule has 1 rings (SSSR count). The topological polar surface area (TPSA) is 96.9 Å². The highest BCUT2D eigenvalue weighted by Gasteiger charge is 2.02. The largest absolute Gasteiger partial charge is 0.409 e. The molecule has 0 saturated carbocycles. The molecule has 104 valence electrons. The highest BCUT2D eigenvalue weighted by Crippen LogP contribution is 2.04. The summed E-state index contributed by atoms with van der Waals surface area (Å²) >= 11 is 0. The SMILES string of the molecule is CCOCCC(=O)NCc1ccc(C(N)=NO)cc1. The Bertz CT molecular complexity index is 429. The third kappa shape index (κ3) is 5.39. The van der Waals surface area contributed by atoms with Crippen LogP contribution < -0.4 is 11.1 Å². The van der Waals surface area contributed by atoms with Crippen molar-refractivity contribution >= 4 is 11.7 Å². The van der Waals surface area contributed by atoms with Gasteiger partial charge in [0.25, 0.3) is 0 Å². The first-order valence-electron chi connectivity index (χ1n) is 6.08. The molecule has 0 fully saturated rings. The van der Waals surface area contributed by atoms with Gasteiger partial charge in [0.2, 0.25) is 5.91 Å². The molecule has 0 aliphatic heterocycles. The molecule has 0 unspecified atom stereocenters. The third-order valence-electron chi connectivity index (χ3n) is 2.52. The van der Waals surface area contributed by atoms with Crippen molar-refractivity contribution in [2.75, 3.05) is 13.2 Å². The number of nitrogens with one attached hydrogen (secondary N) is 1. The lowest BCUT2D eigenvalue weighted by atomic mass is 10.1. The molecule has 0 radical (unpaired) electrons. The van der Waals surface area contributed by atoms with Crippen LogP contribution in [0, 0.1) is 0 Å². The maximum atomic E-state index is 11.4. The van der Waals surface area contributed by atoms with E-state index in [1.165, 1.54) is 0 Å². The van der Waals surface area contributed by atoms with E-state index in [-0.39, 0.29) is 11.7 Å². The Labute approximate surface area is 112 Å². The molecule has 0 saturated heterocycles. The molecular formula is C13H19N3O3. The van der Waals surface area contributed by atoms with Gasteiger partial charge in [-0.3, -0.25) is 4.79 Å². The molecule has 0 aliphatic carbocycles. The molecule has 1 aromatic rings. The number of rotatable bonds is 7. The summed E-state index contributed by atoms with van der Waals surface area (Å²) in [6.45, 7) is 3.38. The van der Waals surface area contributed by atoms with Crippen LogP contribution in [0.1, 0.15) is 24.5 Å². The Morgan fingerprint density at radius 1 is 1.42 bits per heavy atom. The van der Waals surface area contributed by atoms with Gasteiger partial charge in [-0.1, -0.05) is 29.4 Å². The molecule has 19 heavy (non-hydrogen) atoms. The molecule has 0 aromatic heterocycles. The van der Waals surface area contributed by atoms with Crippen molar-refractivity contribution in [1.82, 2.24) is 5.32 Å². The molecule has 4 N–H and O–H groups in total. The van der Waals surface area contributed by atoms with Gasteiger partial charge >= 0.3 is 0 Å². The zero-order chi connectivity index (χ0) is 14.1. The van der Waals surface area contributed by atoms with Gasteiger partial charge in [-0.15, -0.1) is 0 Å². The van der Waals surface area contributed by atoms with Crippen molar-refractivity contribution in [1.29, 1.82) is 0 Å². The zero-order valence-electron chi connectivity index (χ0n) is 10.9. The van der Waals surface area contributed by atoms with Crippen molar-refractivity contribution < 1.29 is 14.7 Å². The molecule has 0 aliphatic rings. The second-order valence-corrected chi connectivity index (χ2v) is 3.91. The number of hydrogen-bond donors (Lipinski definition) is 3. The molecule has 0 spiro atoms. The molecule has 6 nitrogen and oxygen atoms in total. The lowest BCUT2D eigenvalue weighted by molar-refractivity contribution is -0.122. The van der Waals surface area contributed by atoms with Gasteiger partial charge in [-0.2, -0.15) is 0 Å². The van der Waals surface area contributed by atoms with Crippen LogP contribution in [0.4, 0.5) is 0 Å². The van der Waals surface area contributed by atoms with Crippen molar-refractivity contribution in [2.24, 2.45) is 10.9 Å². The smallest absolute Gasteiger partial charge is 0.222 e. The van der Waals surface area contributed by atoms with Crippen LogP contribution in [0.2, 0.25) is 0 Å². The third-order valence-corrected chi connectivity index (χ3v) is 2.52. The van der Waals surface area contributed by atoms with E-state index < -0.39 is 0 Å². The average Bonchev–Trinajstić information content (AvgIpc) is 2.45. The quantitative estimate of drug-likeness (QED) is 0.223. The van der Waals surface area contributed by atoms with Gasteiger partial charge in [-0.25, -0.2) is 0 Å². The van der Waals surface area contributed by atoms with Crippen molar-refractivity contribution in [2.45, 2.75) is 19.9 Å². The molecule has 1 amide bonds. The van der Waals surface area contributed by atoms with E-state index in [4.69, 9.17) is 15.7 Å². The van der Waals surface area contributed by atoms with Crippen molar-refractivity contribution in [3.05, 3.63) is 35.4 Å². The maximum absolute atomic E-state index is 11.4. The van der Waals surface area contributed by atoms with Gasteiger partial charge in [-0.05, 0) is 12.5 Å². The summed E-state index contributed by atoms with van der Waals surface area (Å²) in [5, 5.41) is 14.2. The van der Waals surface area contributed by atoms with E-state index >= 15 is 0 Å². The van der Waals surface area contributed by atoms with Gasteiger partial charge in [0.05, 0.1) is 6.61 Å². The molecular weight excluding hydrogens is 246 g/mol. The van der Waals surface area contributed by atoms with Gasteiger partial charge in [0, 0.05) is 25.1 Å². The Balaban J connectivity index is 2.39. The van der Waals surface area contributed by atoms with Crippen LogP contribution >= 0.6 is 0 Å². The summed E-state index contributed by atoms with van der Waals surface area (Å²) in [5.74, 6) is 0.0151. The van der Waals surface area contributed by atoms with Crippen LogP contribution in [0.25, 0.3) is 0 Å². The lowest BCUT2D eigenvalue weighted by Crippen LogP contribution is -2.24. The first-order chi connectivity index (χ1) is 9.17. The number of carbonyl (C=O) groups is 1.